The van der Waals surface area contributed by atoms with E-state index in [0.717, 1.165) is 40.4 Å². The lowest BCUT2D eigenvalue weighted by molar-refractivity contribution is 0.313. The van der Waals surface area contributed by atoms with Crippen LogP contribution in [0.2, 0.25) is 0 Å². The predicted molar refractivity (Wildman–Crippen MR) is 143 cm³/mol. The maximum absolute atomic E-state index is 3.90. The number of hydrogen-bond acceptors (Lipinski definition) is 3. The lowest BCUT2D eigenvalue weighted by Gasteiger charge is -2.36. The molecule has 0 saturated heterocycles. The van der Waals surface area contributed by atoms with Gasteiger partial charge in [-0.1, -0.05) is 81.1 Å². The van der Waals surface area contributed by atoms with Gasteiger partial charge in [-0.25, -0.2) is 0 Å². The molecule has 2 nitrogen and oxygen atoms in total. The molecule has 0 heterocycles. The molecule has 0 unspecified atom stereocenters. The van der Waals surface area contributed by atoms with Gasteiger partial charge in [-0.2, -0.15) is 0 Å². The second-order valence-corrected chi connectivity index (χ2v) is 10.2. The molecule has 5 heteroatoms. The van der Waals surface area contributed by atoms with Crippen LogP contribution in [0.25, 0.3) is 0 Å². The molecule has 0 fully saturated rings. The number of aryl methyl sites for hydroxylation is 1. The number of allylic oxidation sites excluding steroid dienone is 4. The first-order chi connectivity index (χ1) is 14.4. The minimum Gasteiger partial charge on any atom is -0.383 e. The van der Waals surface area contributed by atoms with Crippen LogP contribution in [0.4, 0.5) is 0 Å². The molecular formula is C25H38Br2N2S. The maximum Gasteiger partial charge on any atom is 0.0458 e. The van der Waals surface area contributed by atoms with Gasteiger partial charge in [0.25, 0.3) is 0 Å². The fourth-order valence-electron chi connectivity index (χ4n) is 3.31. The Morgan fingerprint density at radius 3 is 2.30 bits per heavy atom. The Kier molecular flexibility index (Phi) is 14.1. The van der Waals surface area contributed by atoms with Crippen molar-refractivity contribution in [3.63, 3.8) is 0 Å². The molecule has 0 aliphatic carbocycles. The quantitative estimate of drug-likeness (QED) is 0.166. The second kappa shape index (κ2) is 15.3. The van der Waals surface area contributed by atoms with Crippen LogP contribution in [-0.4, -0.2) is 12.1 Å². The fourth-order valence-corrected chi connectivity index (χ4v) is 5.78. The third-order valence-electron chi connectivity index (χ3n) is 5.15. The van der Waals surface area contributed by atoms with E-state index in [9.17, 15) is 0 Å². The Morgan fingerprint density at radius 2 is 1.77 bits per heavy atom. The van der Waals surface area contributed by atoms with E-state index in [-0.39, 0.29) is 5.54 Å². The summed E-state index contributed by atoms with van der Waals surface area (Å²) in [7, 11) is 0. The summed E-state index contributed by atoms with van der Waals surface area (Å²) in [6.07, 6.45) is 16.2. The summed E-state index contributed by atoms with van der Waals surface area (Å²) in [6.45, 7) is 13.5. The van der Waals surface area contributed by atoms with Crippen LogP contribution in [0.1, 0.15) is 71.8 Å². The summed E-state index contributed by atoms with van der Waals surface area (Å²) in [4.78, 5) is 1.24. The number of rotatable bonds is 15. The number of unbranched alkanes of at least 4 members (excludes halogenated alkanes) is 2. The monoisotopic (exact) mass is 556 g/mol. The highest BCUT2D eigenvalue weighted by atomic mass is 79.9. The summed E-state index contributed by atoms with van der Waals surface area (Å²) < 4.78 is 6.19. The molecule has 1 rings (SSSR count). The molecule has 0 atom stereocenters. The molecule has 0 aromatic heterocycles. The van der Waals surface area contributed by atoms with E-state index in [1.807, 2.05) is 19.1 Å². The normalized spacial score (nSPS) is 12.5. The SMILES string of the molecule is C=C/C=C(\C=C/C)NCC(CCCC)(CCCC)NSc1cc(CC)c(Br)cc1Br. The smallest absolute Gasteiger partial charge is 0.0458 e. The highest BCUT2D eigenvalue weighted by Gasteiger charge is 2.29. The van der Waals surface area contributed by atoms with Gasteiger partial charge in [0.1, 0.15) is 0 Å². The zero-order valence-corrected chi connectivity index (χ0v) is 23.0. The van der Waals surface area contributed by atoms with Gasteiger partial charge in [-0.15, -0.1) is 0 Å². The van der Waals surface area contributed by atoms with Crippen molar-refractivity contribution < 1.29 is 0 Å². The summed E-state index contributed by atoms with van der Waals surface area (Å²) in [5.41, 5.74) is 2.46. The van der Waals surface area contributed by atoms with Crippen LogP contribution in [0.15, 0.2) is 62.6 Å². The van der Waals surface area contributed by atoms with Crippen molar-refractivity contribution in [2.75, 3.05) is 6.54 Å². The zero-order chi connectivity index (χ0) is 22.4. The minimum absolute atomic E-state index is 0.0252. The van der Waals surface area contributed by atoms with Crippen molar-refractivity contribution in [1.29, 1.82) is 0 Å². The van der Waals surface area contributed by atoms with Crippen LogP contribution in [0.5, 0.6) is 0 Å². The Labute approximate surface area is 205 Å². The second-order valence-electron chi connectivity index (χ2n) is 7.63. The fraction of sp³-hybridized carbons (Fsp3) is 0.520. The third kappa shape index (κ3) is 9.33. The highest BCUT2D eigenvalue weighted by Crippen LogP contribution is 2.34. The molecule has 1 aromatic rings. The molecular weight excluding hydrogens is 520 g/mol. The lowest BCUT2D eigenvalue weighted by atomic mass is 9.88. The Morgan fingerprint density at radius 1 is 1.10 bits per heavy atom. The van der Waals surface area contributed by atoms with Crippen molar-refractivity contribution in [1.82, 2.24) is 10.0 Å². The average Bonchev–Trinajstić information content (AvgIpc) is 2.74. The molecule has 0 saturated carbocycles. The van der Waals surface area contributed by atoms with E-state index in [4.69, 9.17) is 0 Å². The topological polar surface area (TPSA) is 24.1 Å². The van der Waals surface area contributed by atoms with Crippen molar-refractivity contribution in [2.24, 2.45) is 0 Å². The standard InChI is InChI=1S/C25H38Br2N2S/c1-6-11-15-25(16-12-7-2,19-28-21(13-8-3)14-9-4)29-30-24-17-20(10-5)22(26)18-23(24)27/h8-9,13-14,17-18,28-29H,3,6-7,10-12,15-16,19H2,1-2,4-5H3/b14-9-,21-13+. The van der Waals surface area contributed by atoms with Gasteiger partial charge < -0.3 is 5.32 Å². The first-order valence-electron chi connectivity index (χ1n) is 11.1. The number of nitrogens with one attached hydrogen (secondary N) is 2. The van der Waals surface area contributed by atoms with Gasteiger partial charge in [0.05, 0.1) is 0 Å². The average molecular weight is 558 g/mol. The lowest BCUT2D eigenvalue weighted by Crippen LogP contribution is -2.49. The Hall–Kier alpha value is -0.490. The first-order valence-corrected chi connectivity index (χ1v) is 13.5. The Bertz CT molecular complexity index is 705. The van der Waals surface area contributed by atoms with E-state index in [2.05, 4.69) is 93.5 Å². The van der Waals surface area contributed by atoms with Gasteiger partial charge in [0.15, 0.2) is 0 Å². The third-order valence-corrected chi connectivity index (χ3v) is 7.90. The molecule has 0 aliphatic heterocycles. The maximum atomic E-state index is 3.90. The number of benzene rings is 1. The predicted octanol–water partition coefficient (Wildman–Crippen LogP) is 8.73. The molecule has 1 aromatic carbocycles. The number of halogens is 2. The van der Waals surface area contributed by atoms with Crippen molar-refractivity contribution >= 4 is 43.8 Å². The van der Waals surface area contributed by atoms with Gasteiger partial charge in [0.2, 0.25) is 0 Å². The minimum atomic E-state index is 0.0252. The molecule has 0 bridgehead atoms. The van der Waals surface area contributed by atoms with E-state index >= 15 is 0 Å². The van der Waals surface area contributed by atoms with E-state index in [0.29, 0.717) is 0 Å². The van der Waals surface area contributed by atoms with E-state index in [1.165, 1.54) is 36.1 Å². The summed E-state index contributed by atoms with van der Waals surface area (Å²) in [6, 6.07) is 4.45. The number of hydrogen-bond donors (Lipinski definition) is 2. The van der Waals surface area contributed by atoms with Crippen LogP contribution < -0.4 is 10.0 Å². The summed E-state index contributed by atoms with van der Waals surface area (Å²) in [5.74, 6) is 0. The summed E-state index contributed by atoms with van der Waals surface area (Å²) in [5, 5.41) is 3.67. The van der Waals surface area contributed by atoms with Crippen molar-refractivity contribution in [2.45, 2.75) is 83.1 Å². The van der Waals surface area contributed by atoms with Gasteiger partial charge in [-0.05, 0) is 83.9 Å². The van der Waals surface area contributed by atoms with E-state index < -0.39 is 0 Å². The largest absolute Gasteiger partial charge is 0.383 e. The molecule has 2 N–H and O–H groups in total. The summed E-state index contributed by atoms with van der Waals surface area (Å²) >= 11 is 9.19. The van der Waals surface area contributed by atoms with Gasteiger partial charge >= 0.3 is 0 Å². The zero-order valence-electron chi connectivity index (χ0n) is 19.0. The van der Waals surface area contributed by atoms with Crippen LogP contribution in [-0.2, 0) is 6.42 Å². The molecule has 0 amide bonds. The van der Waals surface area contributed by atoms with Crippen LogP contribution in [0, 0.1) is 0 Å². The van der Waals surface area contributed by atoms with Crippen molar-refractivity contribution in [3.05, 3.63) is 63.2 Å². The molecule has 168 valence electrons. The van der Waals surface area contributed by atoms with Crippen molar-refractivity contribution in [3.8, 4) is 0 Å². The van der Waals surface area contributed by atoms with Crippen LogP contribution >= 0.6 is 43.8 Å². The van der Waals surface area contributed by atoms with E-state index in [1.54, 1.807) is 11.9 Å². The highest BCUT2D eigenvalue weighted by molar-refractivity contribution is 9.11. The Balaban J connectivity index is 3.11. The molecule has 0 aliphatic rings. The van der Waals surface area contributed by atoms with Gasteiger partial charge in [-0.3, -0.25) is 4.72 Å². The van der Waals surface area contributed by atoms with Gasteiger partial charge in [0, 0.05) is 31.6 Å². The first kappa shape index (κ1) is 27.5. The molecule has 0 spiro atoms. The molecule has 0 radical (unpaired) electrons. The van der Waals surface area contributed by atoms with Crippen LogP contribution in [0.3, 0.4) is 0 Å². The molecule has 30 heavy (non-hydrogen) atoms.